The van der Waals surface area contributed by atoms with Gasteiger partial charge in [-0.25, -0.2) is 0 Å². The summed E-state index contributed by atoms with van der Waals surface area (Å²) in [5, 5.41) is 3.57. The van der Waals surface area contributed by atoms with E-state index in [1.54, 1.807) is 0 Å². The first-order valence-corrected chi connectivity index (χ1v) is 6.05. The Hall–Kier alpha value is -0.0800. The SMILES string of the molecule is CCCCC(C)NCC(CN)C(C)C. The fourth-order valence-electron chi connectivity index (χ4n) is 1.56. The molecule has 2 unspecified atom stereocenters. The molecular formula is C12H28N2. The maximum absolute atomic E-state index is 5.72. The number of unbranched alkanes of at least 4 members (excludes halogenated alkanes) is 1. The number of rotatable bonds is 8. The molecule has 0 aliphatic rings. The molecule has 0 aromatic carbocycles. The van der Waals surface area contributed by atoms with Crippen LogP contribution in [0, 0.1) is 11.8 Å². The quantitative estimate of drug-likeness (QED) is 0.631. The molecule has 2 nitrogen and oxygen atoms in total. The van der Waals surface area contributed by atoms with Gasteiger partial charge in [0.05, 0.1) is 0 Å². The highest BCUT2D eigenvalue weighted by molar-refractivity contribution is 4.69. The average molecular weight is 200 g/mol. The Bertz CT molecular complexity index is 123. The number of hydrogen-bond acceptors (Lipinski definition) is 2. The summed E-state index contributed by atoms with van der Waals surface area (Å²) in [6.07, 6.45) is 3.89. The summed E-state index contributed by atoms with van der Waals surface area (Å²) in [6, 6.07) is 0.641. The largest absolute Gasteiger partial charge is 0.330 e. The van der Waals surface area contributed by atoms with Crippen LogP contribution >= 0.6 is 0 Å². The zero-order chi connectivity index (χ0) is 11.0. The first-order valence-electron chi connectivity index (χ1n) is 6.05. The lowest BCUT2D eigenvalue weighted by molar-refractivity contribution is 0.347. The maximum atomic E-state index is 5.72. The van der Waals surface area contributed by atoms with Crippen molar-refractivity contribution in [3.05, 3.63) is 0 Å². The number of nitrogens with one attached hydrogen (secondary N) is 1. The van der Waals surface area contributed by atoms with Gasteiger partial charge in [0.25, 0.3) is 0 Å². The molecule has 0 heterocycles. The maximum Gasteiger partial charge on any atom is 0.00388 e. The molecule has 86 valence electrons. The summed E-state index contributed by atoms with van der Waals surface area (Å²) in [6.45, 7) is 10.9. The normalized spacial score (nSPS) is 15.9. The van der Waals surface area contributed by atoms with Crippen LogP contribution in [0.25, 0.3) is 0 Å². The van der Waals surface area contributed by atoms with E-state index in [1.165, 1.54) is 19.3 Å². The molecular weight excluding hydrogens is 172 g/mol. The van der Waals surface area contributed by atoms with Gasteiger partial charge in [-0.2, -0.15) is 0 Å². The molecule has 2 heteroatoms. The third-order valence-electron chi connectivity index (χ3n) is 2.96. The van der Waals surface area contributed by atoms with Crippen molar-refractivity contribution in [2.24, 2.45) is 17.6 Å². The van der Waals surface area contributed by atoms with E-state index in [0.29, 0.717) is 17.9 Å². The van der Waals surface area contributed by atoms with Crippen LogP contribution in [0.2, 0.25) is 0 Å². The van der Waals surface area contributed by atoms with Crippen molar-refractivity contribution in [3.8, 4) is 0 Å². The third kappa shape index (κ3) is 6.39. The summed E-state index contributed by atoms with van der Waals surface area (Å²) < 4.78 is 0. The van der Waals surface area contributed by atoms with Gasteiger partial charge < -0.3 is 11.1 Å². The van der Waals surface area contributed by atoms with Crippen LogP contribution in [0.4, 0.5) is 0 Å². The monoisotopic (exact) mass is 200 g/mol. The summed E-state index contributed by atoms with van der Waals surface area (Å²) in [5.74, 6) is 1.31. The molecule has 0 saturated heterocycles. The second-order valence-electron chi connectivity index (χ2n) is 4.69. The van der Waals surface area contributed by atoms with Gasteiger partial charge in [0, 0.05) is 6.04 Å². The molecule has 0 saturated carbocycles. The predicted octanol–water partition coefficient (Wildman–Crippen LogP) is 2.39. The second-order valence-corrected chi connectivity index (χ2v) is 4.69. The zero-order valence-corrected chi connectivity index (χ0v) is 10.3. The summed E-state index contributed by atoms with van der Waals surface area (Å²) >= 11 is 0. The Morgan fingerprint density at radius 1 is 1.21 bits per heavy atom. The van der Waals surface area contributed by atoms with Crippen molar-refractivity contribution in [1.29, 1.82) is 0 Å². The van der Waals surface area contributed by atoms with Crippen molar-refractivity contribution >= 4 is 0 Å². The van der Waals surface area contributed by atoms with Gasteiger partial charge in [-0.3, -0.25) is 0 Å². The van der Waals surface area contributed by atoms with E-state index in [-0.39, 0.29) is 0 Å². The summed E-state index contributed by atoms with van der Waals surface area (Å²) in [5.41, 5.74) is 5.72. The van der Waals surface area contributed by atoms with Crippen molar-refractivity contribution in [2.45, 2.75) is 53.0 Å². The standard InChI is InChI=1S/C12H28N2/c1-5-6-7-11(4)14-9-12(8-13)10(2)3/h10-12,14H,5-9,13H2,1-4H3. The van der Waals surface area contributed by atoms with Crippen molar-refractivity contribution < 1.29 is 0 Å². The molecule has 0 radical (unpaired) electrons. The molecule has 0 bridgehead atoms. The lowest BCUT2D eigenvalue weighted by Crippen LogP contribution is -2.36. The Labute approximate surface area is 89.6 Å². The van der Waals surface area contributed by atoms with Crippen LogP contribution in [0.15, 0.2) is 0 Å². The lowest BCUT2D eigenvalue weighted by atomic mass is 9.95. The highest BCUT2D eigenvalue weighted by Crippen LogP contribution is 2.08. The topological polar surface area (TPSA) is 38.0 Å². The molecule has 14 heavy (non-hydrogen) atoms. The average Bonchev–Trinajstić information content (AvgIpc) is 2.15. The highest BCUT2D eigenvalue weighted by Gasteiger charge is 2.11. The smallest absolute Gasteiger partial charge is 0.00388 e. The minimum Gasteiger partial charge on any atom is -0.330 e. The summed E-state index contributed by atoms with van der Waals surface area (Å²) in [7, 11) is 0. The second kappa shape index (κ2) is 8.25. The first kappa shape index (κ1) is 13.9. The third-order valence-corrected chi connectivity index (χ3v) is 2.96. The number of nitrogens with two attached hydrogens (primary N) is 1. The molecule has 0 aliphatic carbocycles. The molecule has 0 fully saturated rings. The van der Waals surface area contributed by atoms with E-state index < -0.39 is 0 Å². The van der Waals surface area contributed by atoms with E-state index in [1.807, 2.05) is 0 Å². The van der Waals surface area contributed by atoms with E-state index in [4.69, 9.17) is 5.73 Å². The highest BCUT2D eigenvalue weighted by atomic mass is 14.9. The van der Waals surface area contributed by atoms with Crippen LogP contribution in [0.1, 0.15) is 47.0 Å². The molecule has 0 aromatic heterocycles. The molecule has 0 aliphatic heterocycles. The fraction of sp³-hybridized carbons (Fsp3) is 1.00. The number of hydrogen-bond donors (Lipinski definition) is 2. The van der Waals surface area contributed by atoms with Crippen LogP contribution in [-0.4, -0.2) is 19.1 Å². The lowest BCUT2D eigenvalue weighted by Gasteiger charge is -2.22. The van der Waals surface area contributed by atoms with Crippen molar-refractivity contribution in [3.63, 3.8) is 0 Å². The van der Waals surface area contributed by atoms with Crippen molar-refractivity contribution in [2.75, 3.05) is 13.1 Å². The molecule has 0 rings (SSSR count). The molecule has 0 aromatic rings. The van der Waals surface area contributed by atoms with Gasteiger partial charge >= 0.3 is 0 Å². The summed E-state index contributed by atoms with van der Waals surface area (Å²) in [4.78, 5) is 0. The van der Waals surface area contributed by atoms with E-state index in [9.17, 15) is 0 Å². The predicted molar refractivity (Wildman–Crippen MR) is 64.4 cm³/mol. The van der Waals surface area contributed by atoms with Crippen LogP contribution in [-0.2, 0) is 0 Å². The Balaban J connectivity index is 3.57. The van der Waals surface area contributed by atoms with Gasteiger partial charge in [-0.15, -0.1) is 0 Å². The first-order chi connectivity index (χ1) is 6.61. The van der Waals surface area contributed by atoms with E-state index in [2.05, 4.69) is 33.0 Å². The van der Waals surface area contributed by atoms with Crippen molar-refractivity contribution in [1.82, 2.24) is 5.32 Å². The van der Waals surface area contributed by atoms with Gasteiger partial charge in [0.15, 0.2) is 0 Å². The van der Waals surface area contributed by atoms with Crippen LogP contribution in [0.5, 0.6) is 0 Å². The Kier molecular flexibility index (Phi) is 8.20. The molecule has 0 amide bonds. The Morgan fingerprint density at radius 3 is 2.29 bits per heavy atom. The van der Waals surface area contributed by atoms with Crippen LogP contribution in [0.3, 0.4) is 0 Å². The fourth-order valence-corrected chi connectivity index (χ4v) is 1.56. The van der Waals surface area contributed by atoms with Gasteiger partial charge in [0.1, 0.15) is 0 Å². The van der Waals surface area contributed by atoms with Gasteiger partial charge in [-0.05, 0) is 38.3 Å². The minimum absolute atomic E-state index is 0.624. The zero-order valence-electron chi connectivity index (χ0n) is 10.3. The van der Waals surface area contributed by atoms with Gasteiger partial charge in [0.2, 0.25) is 0 Å². The molecule has 2 atom stereocenters. The van der Waals surface area contributed by atoms with E-state index >= 15 is 0 Å². The minimum atomic E-state index is 0.624. The van der Waals surface area contributed by atoms with Gasteiger partial charge in [-0.1, -0.05) is 33.6 Å². The Morgan fingerprint density at radius 2 is 1.86 bits per heavy atom. The van der Waals surface area contributed by atoms with E-state index in [0.717, 1.165) is 13.1 Å². The molecule has 0 spiro atoms. The van der Waals surface area contributed by atoms with Crippen LogP contribution < -0.4 is 11.1 Å². The molecule has 3 N–H and O–H groups in total.